The third kappa shape index (κ3) is 4.22. The maximum absolute atomic E-state index is 13.7. The second kappa shape index (κ2) is 7.29. The van der Waals surface area contributed by atoms with Crippen LogP contribution < -0.4 is 11.1 Å². The number of nitrogens with one attached hydrogen (secondary N) is 1. The highest BCUT2D eigenvalue weighted by molar-refractivity contribution is 14.0. The zero-order chi connectivity index (χ0) is 15.7. The van der Waals surface area contributed by atoms with Crippen molar-refractivity contribution >= 4 is 35.6 Å². The van der Waals surface area contributed by atoms with Crippen LogP contribution in [-0.2, 0) is 0 Å². The van der Waals surface area contributed by atoms with Crippen LogP contribution in [0, 0.1) is 19.7 Å². The summed E-state index contributed by atoms with van der Waals surface area (Å²) in [6, 6.07) is 13.0. The molecule has 0 amide bonds. The van der Waals surface area contributed by atoms with E-state index in [4.69, 9.17) is 5.73 Å². The van der Waals surface area contributed by atoms with Crippen LogP contribution in [0.15, 0.2) is 47.5 Å². The Labute approximate surface area is 153 Å². The number of aryl methyl sites for hydroxylation is 2. The van der Waals surface area contributed by atoms with Crippen molar-refractivity contribution in [1.29, 1.82) is 0 Å². The minimum absolute atomic E-state index is 0. The van der Waals surface area contributed by atoms with Gasteiger partial charge in [0.15, 0.2) is 5.96 Å². The fourth-order valence-corrected chi connectivity index (χ4v) is 2.61. The Balaban J connectivity index is 0.00000192. The van der Waals surface area contributed by atoms with E-state index >= 15 is 0 Å². The predicted octanol–water partition coefficient (Wildman–Crippen LogP) is 4.34. The molecule has 2 atom stereocenters. The van der Waals surface area contributed by atoms with Crippen LogP contribution in [-0.4, -0.2) is 12.0 Å². The molecule has 1 saturated carbocycles. The highest BCUT2D eigenvalue weighted by Gasteiger charge is 2.40. The Morgan fingerprint density at radius 3 is 2.61 bits per heavy atom. The molecule has 2 aromatic rings. The summed E-state index contributed by atoms with van der Waals surface area (Å²) in [7, 11) is 0. The van der Waals surface area contributed by atoms with Gasteiger partial charge in [0.05, 0.1) is 6.04 Å². The van der Waals surface area contributed by atoms with Crippen molar-refractivity contribution in [3.05, 3.63) is 65.0 Å². The number of halogens is 2. The number of aliphatic imine (C=N–C) groups is 1. The molecule has 1 fully saturated rings. The molecule has 0 radical (unpaired) electrons. The lowest BCUT2D eigenvalue weighted by Crippen LogP contribution is -2.23. The van der Waals surface area contributed by atoms with Crippen molar-refractivity contribution in [3.63, 3.8) is 0 Å². The van der Waals surface area contributed by atoms with Gasteiger partial charge in [-0.1, -0.05) is 24.3 Å². The third-order valence-electron chi connectivity index (χ3n) is 4.15. The van der Waals surface area contributed by atoms with Gasteiger partial charge in [-0.3, -0.25) is 0 Å². The molecule has 122 valence electrons. The fourth-order valence-electron chi connectivity index (χ4n) is 2.61. The summed E-state index contributed by atoms with van der Waals surface area (Å²) in [4.78, 5) is 4.45. The monoisotopic (exact) mass is 425 g/mol. The van der Waals surface area contributed by atoms with Crippen molar-refractivity contribution in [3.8, 4) is 0 Å². The molecule has 5 heteroatoms. The first-order valence-corrected chi connectivity index (χ1v) is 7.46. The van der Waals surface area contributed by atoms with Gasteiger partial charge in [0.25, 0.3) is 0 Å². The minimum atomic E-state index is -0.161. The first-order valence-electron chi connectivity index (χ1n) is 7.46. The van der Waals surface area contributed by atoms with E-state index in [0.29, 0.717) is 5.96 Å². The number of nitrogens with zero attached hydrogens (tertiary/aromatic N) is 1. The van der Waals surface area contributed by atoms with Crippen molar-refractivity contribution in [2.45, 2.75) is 32.2 Å². The summed E-state index contributed by atoms with van der Waals surface area (Å²) in [5.41, 5.74) is 10.1. The average molecular weight is 425 g/mol. The molecule has 3 N–H and O–H groups in total. The molecular weight excluding hydrogens is 404 g/mol. The largest absolute Gasteiger partial charge is 0.370 e. The van der Waals surface area contributed by atoms with Crippen LogP contribution in [0.1, 0.15) is 29.0 Å². The maximum Gasteiger partial charge on any atom is 0.193 e. The fraction of sp³-hybridized carbons (Fsp3) is 0.278. The van der Waals surface area contributed by atoms with E-state index in [1.165, 1.54) is 17.2 Å². The van der Waals surface area contributed by atoms with Gasteiger partial charge in [0, 0.05) is 11.6 Å². The number of guanidine groups is 1. The van der Waals surface area contributed by atoms with Crippen molar-refractivity contribution in [2.24, 2.45) is 10.7 Å². The summed E-state index contributed by atoms with van der Waals surface area (Å²) in [6.45, 7) is 4.13. The van der Waals surface area contributed by atoms with E-state index in [0.717, 1.165) is 17.7 Å². The molecule has 1 aliphatic rings. The van der Waals surface area contributed by atoms with Crippen LogP contribution >= 0.6 is 24.0 Å². The molecule has 0 spiro atoms. The second-order valence-electron chi connectivity index (χ2n) is 5.87. The molecule has 3 rings (SSSR count). The smallest absolute Gasteiger partial charge is 0.193 e. The molecule has 2 aromatic carbocycles. The third-order valence-corrected chi connectivity index (χ3v) is 4.15. The van der Waals surface area contributed by atoms with Crippen molar-refractivity contribution in [1.82, 2.24) is 0 Å². The number of rotatable bonds is 3. The quantitative estimate of drug-likeness (QED) is 0.437. The first-order chi connectivity index (χ1) is 10.5. The van der Waals surface area contributed by atoms with Crippen LogP contribution in [0.25, 0.3) is 0 Å². The van der Waals surface area contributed by atoms with Gasteiger partial charge in [0.2, 0.25) is 0 Å². The molecule has 0 saturated heterocycles. The number of hydrogen-bond donors (Lipinski definition) is 2. The van der Waals surface area contributed by atoms with E-state index in [2.05, 4.69) is 24.2 Å². The Kier molecular flexibility index (Phi) is 5.62. The SMILES string of the molecule is Cc1ccc(NC(N)=NC2CC2c2ccccc2F)cc1C.I. The predicted molar refractivity (Wildman–Crippen MR) is 104 cm³/mol. The highest BCUT2D eigenvalue weighted by atomic mass is 127. The number of nitrogens with two attached hydrogens (primary N) is 1. The zero-order valence-corrected chi connectivity index (χ0v) is 15.5. The molecule has 1 aliphatic carbocycles. The normalized spacial score (nSPS) is 19.9. The molecule has 0 heterocycles. The van der Waals surface area contributed by atoms with E-state index in [1.54, 1.807) is 6.07 Å². The van der Waals surface area contributed by atoms with Crippen LogP contribution in [0.2, 0.25) is 0 Å². The second-order valence-corrected chi connectivity index (χ2v) is 5.87. The topological polar surface area (TPSA) is 50.4 Å². The average Bonchev–Trinajstić information content (AvgIpc) is 3.22. The lowest BCUT2D eigenvalue weighted by molar-refractivity contribution is 0.609. The van der Waals surface area contributed by atoms with Crippen LogP contribution in [0.4, 0.5) is 10.1 Å². The summed E-state index contributed by atoms with van der Waals surface area (Å²) in [6.07, 6.45) is 0.843. The summed E-state index contributed by atoms with van der Waals surface area (Å²) >= 11 is 0. The van der Waals surface area contributed by atoms with Crippen molar-refractivity contribution < 1.29 is 4.39 Å². The molecule has 2 unspecified atom stereocenters. The molecule has 0 aliphatic heterocycles. The zero-order valence-electron chi connectivity index (χ0n) is 13.2. The number of anilines is 1. The van der Waals surface area contributed by atoms with Crippen molar-refractivity contribution in [2.75, 3.05) is 5.32 Å². The molecule has 0 aromatic heterocycles. The van der Waals surface area contributed by atoms with Gasteiger partial charge in [-0.05, 0) is 55.2 Å². The number of benzene rings is 2. The lowest BCUT2D eigenvalue weighted by atomic mass is 10.1. The van der Waals surface area contributed by atoms with Gasteiger partial charge >= 0.3 is 0 Å². The lowest BCUT2D eigenvalue weighted by Gasteiger charge is -2.08. The standard InChI is InChI=1S/C18H20FN3.HI/c1-11-7-8-13(9-12(11)2)21-18(20)22-17-10-15(17)14-5-3-4-6-16(14)19;/h3-9,15,17H,10H2,1-2H3,(H3,20,21,22);1H. The maximum atomic E-state index is 13.7. The van der Waals surface area contributed by atoms with Gasteiger partial charge in [-0.25, -0.2) is 9.38 Å². The Morgan fingerprint density at radius 1 is 1.17 bits per heavy atom. The first kappa shape index (κ1) is 17.7. The van der Waals surface area contributed by atoms with E-state index < -0.39 is 0 Å². The molecule has 23 heavy (non-hydrogen) atoms. The van der Waals surface area contributed by atoms with Gasteiger partial charge in [-0.15, -0.1) is 24.0 Å². The van der Waals surface area contributed by atoms with Crippen LogP contribution in [0.3, 0.4) is 0 Å². The summed E-state index contributed by atoms with van der Waals surface area (Å²) < 4.78 is 13.7. The van der Waals surface area contributed by atoms with E-state index in [-0.39, 0.29) is 41.8 Å². The van der Waals surface area contributed by atoms with E-state index in [1.807, 2.05) is 30.3 Å². The number of hydrogen-bond acceptors (Lipinski definition) is 1. The minimum Gasteiger partial charge on any atom is -0.370 e. The Morgan fingerprint density at radius 2 is 1.91 bits per heavy atom. The Bertz CT molecular complexity index is 730. The van der Waals surface area contributed by atoms with Gasteiger partial charge in [-0.2, -0.15) is 0 Å². The summed E-state index contributed by atoms with van der Waals surface area (Å²) in [5.74, 6) is 0.360. The highest BCUT2D eigenvalue weighted by Crippen LogP contribution is 2.44. The van der Waals surface area contributed by atoms with E-state index in [9.17, 15) is 4.39 Å². The molecular formula is C18H21FIN3. The molecule has 0 bridgehead atoms. The molecule has 3 nitrogen and oxygen atoms in total. The van der Waals surface area contributed by atoms with Gasteiger partial charge in [0.1, 0.15) is 5.82 Å². The summed E-state index contributed by atoms with van der Waals surface area (Å²) in [5, 5.41) is 3.10. The Hall–Kier alpha value is -1.63. The van der Waals surface area contributed by atoms with Gasteiger partial charge < -0.3 is 11.1 Å². The van der Waals surface area contributed by atoms with Crippen LogP contribution in [0.5, 0.6) is 0 Å².